The van der Waals surface area contributed by atoms with Crippen LogP contribution in [0, 0.1) is 17.1 Å². The lowest BCUT2D eigenvalue weighted by atomic mass is 10.1. The molecule has 0 aliphatic heterocycles. The van der Waals surface area contributed by atoms with Crippen LogP contribution in [0.4, 0.5) is 4.39 Å². The molecule has 1 N–H and O–H groups in total. The van der Waals surface area contributed by atoms with Crippen LogP contribution >= 0.6 is 0 Å². The van der Waals surface area contributed by atoms with Gasteiger partial charge in [0.25, 0.3) is 5.91 Å². The summed E-state index contributed by atoms with van der Waals surface area (Å²) in [7, 11) is 1.68. The number of carbonyl (C=O) groups excluding carboxylic acids is 1. The summed E-state index contributed by atoms with van der Waals surface area (Å²) >= 11 is 0. The topological polar surface area (TPSA) is 94.9 Å². The molecule has 33 heavy (non-hydrogen) atoms. The van der Waals surface area contributed by atoms with Crippen molar-refractivity contribution in [1.82, 2.24) is 20.1 Å². The maximum absolute atomic E-state index is 14.0. The number of fused-ring (bicyclic) bond motifs is 1. The van der Waals surface area contributed by atoms with Gasteiger partial charge in [0.15, 0.2) is 0 Å². The minimum Gasteiger partial charge on any atom is -0.488 e. The molecule has 0 radical (unpaired) electrons. The van der Waals surface area contributed by atoms with E-state index in [9.17, 15) is 14.4 Å². The van der Waals surface area contributed by atoms with Crippen molar-refractivity contribution in [3.63, 3.8) is 0 Å². The Morgan fingerprint density at radius 1 is 1.27 bits per heavy atom. The second kappa shape index (κ2) is 8.36. The zero-order valence-corrected chi connectivity index (χ0v) is 17.9. The van der Waals surface area contributed by atoms with Gasteiger partial charge in [-0.2, -0.15) is 10.4 Å². The maximum atomic E-state index is 14.0. The smallest absolute Gasteiger partial charge is 0.255 e. The van der Waals surface area contributed by atoms with Crippen molar-refractivity contribution in [2.75, 3.05) is 7.05 Å². The summed E-state index contributed by atoms with van der Waals surface area (Å²) in [6.07, 6.45) is 4.98. The third-order valence-electron chi connectivity index (χ3n) is 5.59. The first kappa shape index (κ1) is 20.6. The minimum absolute atomic E-state index is 0.112. The molecule has 2 aromatic heterocycles. The monoisotopic (exact) mass is 441 g/mol. The normalized spacial score (nSPS) is 13.0. The largest absolute Gasteiger partial charge is 0.488 e. The third-order valence-corrected chi connectivity index (χ3v) is 5.59. The number of aromatic nitrogens is 3. The quantitative estimate of drug-likeness (QED) is 0.477. The van der Waals surface area contributed by atoms with Crippen molar-refractivity contribution in [1.29, 1.82) is 5.26 Å². The Hall–Kier alpha value is -4.25. The standard InChI is InChI=1S/C25H20FN5O2/c1-31(14-17-5-8-21(26)20-13-29-30-23(17)20)25(32)18-10-22(33-19-6-7-19)24(28-12-18)16-4-2-3-15(9-16)11-27/h2-5,8-10,12-13,19H,6-7,14H2,1H3,(H,29,30). The minimum atomic E-state index is -0.362. The highest BCUT2D eigenvalue weighted by Crippen LogP contribution is 2.34. The van der Waals surface area contributed by atoms with Gasteiger partial charge >= 0.3 is 0 Å². The number of hydrogen-bond acceptors (Lipinski definition) is 5. The van der Waals surface area contributed by atoms with Crippen LogP contribution in [-0.4, -0.2) is 39.1 Å². The van der Waals surface area contributed by atoms with E-state index >= 15 is 0 Å². The molecule has 164 valence electrons. The molecule has 2 heterocycles. The van der Waals surface area contributed by atoms with E-state index in [0.29, 0.717) is 33.5 Å². The van der Waals surface area contributed by atoms with E-state index in [0.717, 1.165) is 24.0 Å². The van der Waals surface area contributed by atoms with Crippen LogP contribution in [0.25, 0.3) is 22.2 Å². The lowest BCUT2D eigenvalue weighted by Gasteiger charge is -2.19. The Morgan fingerprint density at radius 3 is 2.91 bits per heavy atom. The van der Waals surface area contributed by atoms with Gasteiger partial charge in [0.2, 0.25) is 0 Å². The number of hydrogen-bond donors (Lipinski definition) is 1. The second-order valence-corrected chi connectivity index (χ2v) is 8.11. The summed E-state index contributed by atoms with van der Waals surface area (Å²) in [5.41, 5.74) is 3.58. The molecule has 0 spiro atoms. The van der Waals surface area contributed by atoms with Gasteiger partial charge in [-0.3, -0.25) is 14.9 Å². The van der Waals surface area contributed by atoms with Gasteiger partial charge < -0.3 is 9.64 Å². The molecule has 0 bridgehead atoms. The van der Waals surface area contributed by atoms with Crippen molar-refractivity contribution in [2.24, 2.45) is 0 Å². The van der Waals surface area contributed by atoms with Gasteiger partial charge in [-0.25, -0.2) is 4.39 Å². The SMILES string of the molecule is CN(Cc1ccc(F)c2cn[nH]c12)C(=O)c1cnc(-c2cccc(C#N)c2)c(OC2CC2)c1. The number of benzene rings is 2. The van der Waals surface area contributed by atoms with Crippen LogP contribution in [-0.2, 0) is 6.54 Å². The number of amides is 1. The number of nitrogens with zero attached hydrogens (tertiary/aromatic N) is 4. The molecular weight excluding hydrogens is 421 g/mol. The van der Waals surface area contributed by atoms with E-state index < -0.39 is 0 Å². The molecule has 4 aromatic rings. The highest BCUT2D eigenvalue weighted by molar-refractivity contribution is 5.95. The van der Waals surface area contributed by atoms with Crippen molar-refractivity contribution >= 4 is 16.8 Å². The number of rotatable bonds is 6. The number of pyridine rings is 1. The van der Waals surface area contributed by atoms with E-state index in [1.165, 1.54) is 18.5 Å². The molecule has 7 nitrogen and oxygen atoms in total. The number of nitriles is 1. The zero-order chi connectivity index (χ0) is 22.9. The maximum Gasteiger partial charge on any atom is 0.255 e. The molecule has 1 amide bonds. The molecule has 0 atom stereocenters. The number of aromatic amines is 1. The fourth-order valence-electron chi connectivity index (χ4n) is 3.71. The number of halogens is 1. The van der Waals surface area contributed by atoms with Crippen molar-refractivity contribution in [3.05, 3.63) is 77.4 Å². The first-order valence-corrected chi connectivity index (χ1v) is 10.6. The lowest BCUT2D eigenvalue weighted by molar-refractivity contribution is 0.0784. The predicted molar refractivity (Wildman–Crippen MR) is 120 cm³/mol. The molecule has 1 fully saturated rings. The van der Waals surface area contributed by atoms with Crippen LogP contribution in [0.5, 0.6) is 5.75 Å². The highest BCUT2D eigenvalue weighted by atomic mass is 19.1. The van der Waals surface area contributed by atoms with Crippen molar-refractivity contribution in [2.45, 2.75) is 25.5 Å². The Labute approximate surface area is 189 Å². The lowest BCUT2D eigenvalue weighted by Crippen LogP contribution is -2.26. The van der Waals surface area contributed by atoms with Crippen molar-refractivity contribution in [3.8, 4) is 23.1 Å². The predicted octanol–water partition coefficient (Wildman–Crippen LogP) is 4.45. The zero-order valence-electron chi connectivity index (χ0n) is 17.9. The van der Waals surface area contributed by atoms with Gasteiger partial charge in [-0.1, -0.05) is 18.2 Å². The summed E-state index contributed by atoms with van der Waals surface area (Å²) < 4.78 is 20.0. The summed E-state index contributed by atoms with van der Waals surface area (Å²) in [6.45, 7) is 0.266. The molecule has 0 saturated heterocycles. The average Bonchev–Trinajstić information content (AvgIpc) is 3.50. The Kier molecular flexibility index (Phi) is 5.23. The second-order valence-electron chi connectivity index (χ2n) is 8.11. The van der Waals surface area contributed by atoms with Crippen LogP contribution in [0.2, 0.25) is 0 Å². The van der Waals surface area contributed by atoms with Gasteiger partial charge in [-0.05, 0) is 42.7 Å². The van der Waals surface area contributed by atoms with Crippen LogP contribution in [0.15, 0.2) is 54.9 Å². The number of nitrogens with one attached hydrogen (secondary N) is 1. The first-order chi connectivity index (χ1) is 16.0. The Morgan fingerprint density at radius 2 is 2.12 bits per heavy atom. The van der Waals surface area contributed by atoms with Crippen molar-refractivity contribution < 1.29 is 13.9 Å². The number of H-pyrrole nitrogens is 1. The van der Waals surface area contributed by atoms with E-state index in [-0.39, 0.29) is 24.4 Å². The van der Waals surface area contributed by atoms with E-state index in [1.807, 2.05) is 6.07 Å². The molecule has 0 unspecified atom stereocenters. The van der Waals surface area contributed by atoms with E-state index in [4.69, 9.17) is 4.74 Å². The van der Waals surface area contributed by atoms with Crippen LogP contribution < -0.4 is 4.74 Å². The number of ether oxygens (including phenoxy) is 1. The Bertz CT molecular complexity index is 1400. The Balaban J connectivity index is 1.44. The number of carbonyl (C=O) groups is 1. The third kappa shape index (κ3) is 4.13. The first-order valence-electron chi connectivity index (χ1n) is 10.6. The van der Waals surface area contributed by atoms with Crippen LogP contribution in [0.3, 0.4) is 0 Å². The molecule has 8 heteroatoms. The molecule has 2 aromatic carbocycles. The van der Waals surface area contributed by atoms with E-state index in [1.54, 1.807) is 42.3 Å². The molecule has 5 rings (SSSR count). The fraction of sp³-hybridized carbons (Fsp3) is 0.200. The van der Waals surface area contributed by atoms with Gasteiger partial charge in [0.05, 0.1) is 40.4 Å². The average molecular weight is 441 g/mol. The van der Waals surface area contributed by atoms with E-state index in [2.05, 4.69) is 21.3 Å². The highest BCUT2D eigenvalue weighted by Gasteiger charge is 2.26. The molecule has 1 aliphatic rings. The van der Waals surface area contributed by atoms with Gasteiger partial charge in [-0.15, -0.1) is 0 Å². The summed E-state index contributed by atoms with van der Waals surface area (Å²) in [6, 6.07) is 14.0. The summed E-state index contributed by atoms with van der Waals surface area (Å²) in [5.74, 6) is -0.0827. The molecular formula is C25H20FN5O2. The van der Waals surface area contributed by atoms with Gasteiger partial charge in [0.1, 0.15) is 17.3 Å². The van der Waals surface area contributed by atoms with Crippen LogP contribution in [0.1, 0.15) is 34.3 Å². The van der Waals surface area contributed by atoms with Gasteiger partial charge in [0, 0.05) is 25.4 Å². The fourth-order valence-corrected chi connectivity index (χ4v) is 3.71. The molecule has 1 saturated carbocycles. The summed E-state index contributed by atoms with van der Waals surface area (Å²) in [4.78, 5) is 19.2. The summed E-state index contributed by atoms with van der Waals surface area (Å²) in [5, 5.41) is 16.3. The molecule has 1 aliphatic carbocycles.